The molecule has 9 heteroatoms. The second-order valence-electron chi connectivity index (χ2n) is 4.47. The zero-order valence-electron chi connectivity index (χ0n) is 10.8. The van der Waals surface area contributed by atoms with Crippen molar-refractivity contribution < 1.29 is 23.3 Å². The van der Waals surface area contributed by atoms with Gasteiger partial charge in [-0.15, -0.1) is 0 Å². The number of nitrogens with one attached hydrogen (secondary N) is 1. The summed E-state index contributed by atoms with van der Waals surface area (Å²) in [6, 6.07) is 0.846. The largest absolute Gasteiger partial charge is 0.354 e. The van der Waals surface area contributed by atoms with Crippen molar-refractivity contribution in [2.45, 2.75) is 6.42 Å². The molecule has 0 aromatic heterocycles. The van der Waals surface area contributed by atoms with Gasteiger partial charge in [0.1, 0.15) is 5.82 Å². The lowest BCUT2D eigenvalue weighted by Crippen LogP contribution is -2.37. The fraction of sp³-hybridized carbons (Fsp3) is 0.333. The Morgan fingerprint density at radius 3 is 2.71 bits per heavy atom. The number of nitro groups is 1. The SMILES string of the molecule is O=C1CN(C(=O)c2cc(F)c([N+](=O)[O-])cc2F)CCCN1. The molecule has 0 spiro atoms. The molecule has 112 valence electrons. The van der Waals surface area contributed by atoms with Gasteiger partial charge in [-0.1, -0.05) is 0 Å². The highest BCUT2D eigenvalue weighted by Gasteiger charge is 2.27. The lowest BCUT2D eigenvalue weighted by molar-refractivity contribution is -0.387. The van der Waals surface area contributed by atoms with E-state index in [-0.39, 0.29) is 13.1 Å². The minimum Gasteiger partial charge on any atom is -0.354 e. The van der Waals surface area contributed by atoms with Gasteiger partial charge >= 0.3 is 5.69 Å². The van der Waals surface area contributed by atoms with E-state index in [1.54, 1.807) is 0 Å². The molecule has 0 atom stereocenters. The summed E-state index contributed by atoms with van der Waals surface area (Å²) in [5, 5.41) is 13.0. The van der Waals surface area contributed by atoms with Crippen LogP contribution in [0.4, 0.5) is 14.5 Å². The van der Waals surface area contributed by atoms with Crippen LogP contribution >= 0.6 is 0 Å². The predicted molar refractivity (Wildman–Crippen MR) is 66.5 cm³/mol. The molecule has 1 aromatic carbocycles. The summed E-state index contributed by atoms with van der Waals surface area (Å²) in [5.74, 6) is -3.77. The maximum absolute atomic E-state index is 13.8. The number of rotatable bonds is 2. The molecule has 0 radical (unpaired) electrons. The van der Waals surface area contributed by atoms with Crippen molar-refractivity contribution in [3.63, 3.8) is 0 Å². The molecule has 7 nitrogen and oxygen atoms in total. The van der Waals surface area contributed by atoms with Gasteiger partial charge in [-0.05, 0) is 12.5 Å². The van der Waals surface area contributed by atoms with Crippen molar-refractivity contribution >= 4 is 17.5 Å². The number of hydrogen-bond donors (Lipinski definition) is 1. The van der Waals surface area contributed by atoms with Gasteiger partial charge in [0.15, 0.2) is 0 Å². The standard InChI is InChI=1S/C12H11F2N3O4/c13-8-5-10(17(20)21)9(14)4-7(8)12(19)16-3-1-2-15-11(18)6-16/h4-5H,1-3,6H2,(H,15,18). The highest BCUT2D eigenvalue weighted by Crippen LogP contribution is 2.22. The molecule has 1 aliphatic rings. The van der Waals surface area contributed by atoms with E-state index < -0.39 is 39.6 Å². The highest BCUT2D eigenvalue weighted by molar-refractivity contribution is 5.97. The molecule has 1 fully saturated rings. The Balaban J connectivity index is 2.32. The Hall–Kier alpha value is -2.58. The maximum Gasteiger partial charge on any atom is 0.307 e. The first kappa shape index (κ1) is 14.8. The quantitative estimate of drug-likeness (QED) is 0.647. The normalized spacial score (nSPS) is 15.3. The van der Waals surface area contributed by atoms with Crippen LogP contribution in [0.1, 0.15) is 16.8 Å². The molecule has 2 rings (SSSR count). The van der Waals surface area contributed by atoms with E-state index in [9.17, 15) is 28.5 Å². The third-order valence-corrected chi connectivity index (χ3v) is 3.01. The number of nitrogens with zero attached hydrogens (tertiary/aromatic N) is 2. The number of carbonyl (C=O) groups is 2. The molecular weight excluding hydrogens is 288 g/mol. The first-order valence-corrected chi connectivity index (χ1v) is 6.09. The van der Waals surface area contributed by atoms with E-state index in [2.05, 4.69) is 5.32 Å². The van der Waals surface area contributed by atoms with E-state index in [0.717, 1.165) is 4.90 Å². The van der Waals surface area contributed by atoms with E-state index in [0.29, 0.717) is 25.1 Å². The number of hydrogen-bond acceptors (Lipinski definition) is 4. The minimum absolute atomic E-state index is 0.204. The van der Waals surface area contributed by atoms with Crippen LogP contribution in [-0.4, -0.2) is 41.3 Å². The topological polar surface area (TPSA) is 92.5 Å². The molecule has 1 N–H and O–H groups in total. The number of benzene rings is 1. The van der Waals surface area contributed by atoms with Gasteiger partial charge in [0.05, 0.1) is 23.1 Å². The van der Waals surface area contributed by atoms with Gasteiger partial charge < -0.3 is 10.2 Å². The van der Waals surface area contributed by atoms with Crippen molar-refractivity contribution in [2.75, 3.05) is 19.6 Å². The summed E-state index contributed by atoms with van der Waals surface area (Å²) in [5.41, 5.74) is -1.68. The van der Waals surface area contributed by atoms with Gasteiger partial charge in [-0.2, -0.15) is 4.39 Å². The van der Waals surface area contributed by atoms with Crippen molar-refractivity contribution in [1.29, 1.82) is 0 Å². The average molecular weight is 299 g/mol. The molecule has 0 unspecified atom stereocenters. The van der Waals surface area contributed by atoms with Crippen LogP contribution < -0.4 is 5.32 Å². The summed E-state index contributed by atoms with van der Waals surface area (Å²) >= 11 is 0. The third-order valence-electron chi connectivity index (χ3n) is 3.01. The van der Waals surface area contributed by atoms with Crippen molar-refractivity contribution in [3.8, 4) is 0 Å². The molecule has 0 aliphatic carbocycles. The fourth-order valence-electron chi connectivity index (χ4n) is 1.99. The van der Waals surface area contributed by atoms with Crippen molar-refractivity contribution in [1.82, 2.24) is 10.2 Å². The molecule has 1 saturated heterocycles. The molecule has 21 heavy (non-hydrogen) atoms. The van der Waals surface area contributed by atoms with Gasteiger partial charge in [0.25, 0.3) is 5.91 Å². The summed E-state index contributed by atoms with van der Waals surface area (Å²) in [4.78, 5) is 34.0. The Morgan fingerprint density at radius 2 is 2.05 bits per heavy atom. The molecule has 0 bridgehead atoms. The molecule has 1 heterocycles. The predicted octanol–water partition coefficient (Wildman–Crippen LogP) is 0.835. The smallest absolute Gasteiger partial charge is 0.307 e. The maximum atomic E-state index is 13.8. The van der Waals surface area contributed by atoms with Crippen LogP contribution in [0.15, 0.2) is 12.1 Å². The molecule has 0 saturated carbocycles. The molecule has 2 amide bonds. The average Bonchev–Trinajstić information content (AvgIpc) is 2.64. The lowest BCUT2D eigenvalue weighted by atomic mass is 10.1. The first-order chi connectivity index (χ1) is 9.90. The van der Waals surface area contributed by atoms with Crippen LogP contribution in [0.2, 0.25) is 0 Å². The zero-order valence-corrected chi connectivity index (χ0v) is 10.8. The van der Waals surface area contributed by atoms with Gasteiger partial charge in [-0.3, -0.25) is 19.7 Å². The number of carbonyl (C=O) groups excluding carboxylic acids is 2. The summed E-state index contributed by atoms with van der Waals surface area (Å²) in [6.07, 6.45) is 0.481. The molecule has 1 aromatic rings. The lowest BCUT2D eigenvalue weighted by Gasteiger charge is -2.19. The van der Waals surface area contributed by atoms with Crippen LogP contribution in [0, 0.1) is 21.7 Å². The Bertz CT molecular complexity index is 621. The first-order valence-electron chi connectivity index (χ1n) is 6.09. The highest BCUT2D eigenvalue weighted by atomic mass is 19.1. The third kappa shape index (κ3) is 3.12. The van der Waals surface area contributed by atoms with Gasteiger partial charge in [-0.25, -0.2) is 4.39 Å². The van der Waals surface area contributed by atoms with E-state index in [1.165, 1.54) is 0 Å². The van der Waals surface area contributed by atoms with Gasteiger partial charge in [0, 0.05) is 13.1 Å². The van der Waals surface area contributed by atoms with Crippen LogP contribution in [-0.2, 0) is 4.79 Å². The monoisotopic (exact) mass is 299 g/mol. The molecule has 1 aliphatic heterocycles. The Morgan fingerprint density at radius 1 is 1.33 bits per heavy atom. The Kier molecular flexibility index (Phi) is 4.10. The number of halogens is 2. The van der Waals surface area contributed by atoms with Gasteiger partial charge in [0.2, 0.25) is 11.7 Å². The fourth-order valence-corrected chi connectivity index (χ4v) is 1.99. The van der Waals surface area contributed by atoms with Crippen LogP contribution in [0.5, 0.6) is 0 Å². The Labute approximate surface area is 117 Å². The summed E-state index contributed by atoms with van der Waals surface area (Å²) in [6.45, 7) is 0.326. The van der Waals surface area contributed by atoms with Crippen molar-refractivity contribution in [3.05, 3.63) is 39.4 Å². The number of amides is 2. The van der Waals surface area contributed by atoms with E-state index in [1.807, 2.05) is 0 Å². The minimum atomic E-state index is -1.30. The van der Waals surface area contributed by atoms with Crippen molar-refractivity contribution in [2.24, 2.45) is 0 Å². The summed E-state index contributed by atoms with van der Waals surface area (Å²) in [7, 11) is 0. The zero-order chi connectivity index (χ0) is 15.6. The van der Waals surface area contributed by atoms with E-state index in [4.69, 9.17) is 0 Å². The second kappa shape index (κ2) is 5.81. The molecular formula is C12H11F2N3O4. The van der Waals surface area contributed by atoms with E-state index >= 15 is 0 Å². The van der Waals surface area contributed by atoms with Crippen LogP contribution in [0.25, 0.3) is 0 Å². The van der Waals surface area contributed by atoms with Crippen LogP contribution in [0.3, 0.4) is 0 Å². The second-order valence-corrected chi connectivity index (χ2v) is 4.47. The number of nitro benzene ring substituents is 1. The summed E-state index contributed by atoms with van der Waals surface area (Å²) < 4.78 is 27.3.